The molecule has 18 heavy (non-hydrogen) atoms. The number of anilines is 1. The van der Waals surface area contributed by atoms with Crippen LogP contribution in [0.3, 0.4) is 0 Å². The van der Waals surface area contributed by atoms with E-state index in [9.17, 15) is 4.79 Å². The van der Waals surface area contributed by atoms with Gasteiger partial charge < -0.3 is 16.0 Å². The molecule has 0 aliphatic heterocycles. The van der Waals surface area contributed by atoms with E-state index in [1.807, 2.05) is 0 Å². The fourth-order valence-electron chi connectivity index (χ4n) is 1.49. The molecule has 0 saturated heterocycles. The fourth-order valence-corrected chi connectivity index (χ4v) is 1.49. The molecule has 0 bridgehead atoms. The van der Waals surface area contributed by atoms with E-state index in [1.165, 1.54) is 0 Å². The Balaban J connectivity index is 2.32. The largest absolute Gasteiger partial charge is 0.383 e. The van der Waals surface area contributed by atoms with E-state index in [1.54, 1.807) is 18.3 Å². The number of nitrogen functional groups attached to an aromatic ring is 1. The first kappa shape index (κ1) is 14.4. The lowest BCUT2D eigenvalue weighted by Crippen LogP contribution is -2.31. The second kappa shape index (κ2) is 6.96. The molecule has 1 rings (SSSR count). The predicted molar refractivity (Wildman–Crippen MR) is 73.4 cm³/mol. The number of hydrogen-bond donors (Lipinski definition) is 2. The van der Waals surface area contributed by atoms with Gasteiger partial charge in [0.25, 0.3) is 5.91 Å². The average Bonchev–Trinajstić information content (AvgIpc) is 2.34. The summed E-state index contributed by atoms with van der Waals surface area (Å²) in [6, 6.07) is 3.91. The Hall–Kier alpha value is -1.62. The quantitative estimate of drug-likeness (QED) is 0.742. The summed E-state index contributed by atoms with van der Waals surface area (Å²) in [5.74, 6) is 0.113. The number of aromatic nitrogens is 1. The van der Waals surface area contributed by atoms with E-state index in [0.29, 0.717) is 18.2 Å². The molecule has 1 amide bonds. The van der Waals surface area contributed by atoms with Crippen LogP contribution < -0.4 is 11.1 Å². The van der Waals surface area contributed by atoms with Crippen LogP contribution in [0.15, 0.2) is 18.3 Å². The number of pyridine rings is 1. The third-order valence-electron chi connectivity index (χ3n) is 2.94. The number of rotatable bonds is 6. The molecule has 0 aliphatic carbocycles. The van der Waals surface area contributed by atoms with Gasteiger partial charge in [-0.2, -0.15) is 0 Å². The highest BCUT2D eigenvalue weighted by molar-refractivity contribution is 5.98. The Kier molecular flexibility index (Phi) is 5.58. The normalized spacial score (nSPS) is 10.9. The fraction of sp³-hybridized carbons (Fsp3) is 0.538. The molecular formula is C13H22N4O. The summed E-state index contributed by atoms with van der Waals surface area (Å²) in [4.78, 5) is 17.9. The number of nitrogens with one attached hydrogen (secondary N) is 1. The van der Waals surface area contributed by atoms with Gasteiger partial charge in [0.05, 0.1) is 5.56 Å². The molecule has 1 aromatic rings. The highest BCUT2D eigenvalue weighted by atomic mass is 16.1. The zero-order chi connectivity index (χ0) is 13.5. The zero-order valence-electron chi connectivity index (χ0n) is 11.3. The van der Waals surface area contributed by atoms with Crippen LogP contribution in [-0.4, -0.2) is 42.0 Å². The van der Waals surface area contributed by atoms with Crippen molar-refractivity contribution in [2.75, 3.05) is 25.9 Å². The van der Waals surface area contributed by atoms with Gasteiger partial charge in [0.15, 0.2) is 0 Å². The van der Waals surface area contributed by atoms with Gasteiger partial charge in [-0.25, -0.2) is 4.98 Å². The summed E-state index contributed by atoms with van der Waals surface area (Å²) in [6.45, 7) is 5.90. The van der Waals surface area contributed by atoms with Gasteiger partial charge in [-0.05, 0) is 46.0 Å². The number of amides is 1. The molecule has 1 heterocycles. The summed E-state index contributed by atoms with van der Waals surface area (Å²) in [5, 5.41) is 2.85. The van der Waals surface area contributed by atoms with Crippen molar-refractivity contribution < 1.29 is 4.79 Å². The van der Waals surface area contributed by atoms with E-state index >= 15 is 0 Å². The Morgan fingerprint density at radius 2 is 2.28 bits per heavy atom. The van der Waals surface area contributed by atoms with Crippen LogP contribution in [0.25, 0.3) is 0 Å². The van der Waals surface area contributed by atoms with E-state index in [-0.39, 0.29) is 11.7 Å². The Morgan fingerprint density at radius 3 is 2.89 bits per heavy atom. The summed E-state index contributed by atoms with van der Waals surface area (Å²) in [5.41, 5.74) is 6.07. The maximum absolute atomic E-state index is 11.8. The molecule has 0 spiro atoms. The van der Waals surface area contributed by atoms with Crippen LogP contribution in [0.4, 0.5) is 5.82 Å². The smallest absolute Gasteiger partial charge is 0.255 e. The van der Waals surface area contributed by atoms with E-state index in [2.05, 4.69) is 36.1 Å². The van der Waals surface area contributed by atoms with Crippen molar-refractivity contribution in [2.45, 2.75) is 26.3 Å². The zero-order valence-corrected chi connectivity index (χ0v) is 11.3. The third-order valence-corrected chi connectivity index (χ3v) is 2.94. The number of carbonyl (C=O) groups excluding carboxylic acids is 1. The summed E-state index contributed by atoms with van der Waals surface area (Å²) >= 11 is 0. The third kappa shape index (κ3) is 4.33. The van der Waals surface area contributed by atoms with Crippen LogP contribution in [-0.2, 0) is 0 Å². The maximum Gasteiger partial charge on any atom is 0.255 e. The molecule has 5 heteroatoms. The summed E-state index contributed by atoms with van der Waals surface area (Å²) in [7, 11) is 2.07. The maximum atomic E-state index is 11.8. The minimum Gasteiger partial charge on any atom is -0.383 e. The first-order valence-corrected chi connectivity index (χ1v) is 6.21. The van der Waals surface area contributed by atoms with E-state index in [0.717, 1.165) is 13.0 Å². The van der Waals surface area contributed by atoms with Crippen LogP contribution >= 0.6 is 0 Å². The van der Waals surface area contributed by atoms with Crippen molar-refractivity contribution >= 4 is 11.7 Å². The van der Waals surface area contributed by atoms with Crippen molar-refractivity contribution in [1.82, 2.24) is 15.2 Å². The summed E-state index contributed by atoms with van der Waals surface area (Å²) in [6.07, 6.45) is 2.49. The number of nitrogens with zero attached hydrogens (tertiary/aromatic N) is 2. The Labute approximate surface area is 108 Å². The number of hydrogen-bond acceptors (Lipinski definition) is 4. The standard InChI is InChI=1S/C13H22N4O/c1-10(2)17(3)9-5-8-16-13(18)11-6-4-7-15-12(11)14/h4,6-7,10H,5,8-9H2,1-3H3,(H2,14,15)(H,16,18). The van der Waals surface area contributed by atoms with Gasteiger partial charge in [0.2, 0.25) is 0 Å². The van der Waals surface area contributed by atoms with E-state index in [4.69, 9.17) is 5.73 Å². The highest BCUT2D eigenvalue weighted by Gasteiger charge is 2.09. The number of nitrogens with two attached hydrogens (primary N) is 1. The monoisotopic (exact) mass is 250 g/mol. The van der Waals surface area contributed by atoms with E-state index < -0.39 is 0 Å². The van der Waals surface area contributed by atoms with Crippen LogP contribution in [0.5, 0.6) is 0 Å². The predicted octanol–water partition coefficient (Wildman–Crippen LogP) is 1.12. The first-order chi connectivity index (χ1) is 8.52. The van der Waals surface area contributed by atoms with Gasteiger partial charge in [0.1, 0.15) is 5.82 Å². The number of carbonyl (C=O) groups is 1. The molecule has 0 fully saturated rings. The van der Waals surface area contributed by atoms with Gasteiger partial charge in [-0.15, -0.1) is 0 Å². The van der Waals surface area contributed by atoms with Crippen LogP contribution in [0, 0.1) is 0 Å². The van der Waals surface area contributed by atoms with Gasteiger partial charge in [-0.3, -0.25) is 4.79 Å². The van der Waals surface area contributed by atoms with Crippen molar-refractivity contribution in [3.8, 4) is 0 Å². The van der Waals surface area contributed by atoms with Gasteiger partial charge in [-0.1, -0.05) is 0 Å². The highest BCUT2D eigenvalue weighted by Crippen LogP contribution is 2.06. The molecule has 0 atom stereocenters. The lowest BCUT2D eigenvalue weighted by molar-refractivity contribution is 0.0952. The summed E-state index contributed by atoms with van der Waals surface area (Å²) < 4.78 is 0. The van der Waals surface area contributed by atoms with Crippen molar-refractivity contribution in [3.63, 3.8) is 0 Å². The molecule has 0 radical (unpaired) electrons. The lowest BCUT2D eigenvalue weighted by Gasteiger charge is -2.20. The van der Waals surface area contributed by atoms with Crippen molar-refractivity contribution in [2.24, 2.45) is 0 Å². The SMILES string of the molecule is CC(C)N(C)CCCNC(=O)c1cccnc1N. The molecular weight excluding hydrogens is 228 g/mol. The minimum atomic E-state index is -0.159. The minimum absolute atomic E-state index is 0.159. The lowest BCUT2D eigenvalue weighted by atomic mass is 10.2. The Bertz CT molecular complexity index is 392. The Morgan fingerprint density at radius 1 is 1.56 bits per heavy atom. The average molecular weight is 250 g/mol. The van der Waals surface area contributed by atoms with Crippen LogP contribution in [0.2, 0.25) is 0 Å². The molecule has 3 N–H and O–H groups in total. The second-order valence-electron chi connectivity index (χ2n) is 4.62. The molecule has 5 nitrogen and oxygen atoms in total. The topological polar surface area (TPSA) is 71.2 Å². The second-order valence-corrected chi connectivity index (χ2v) is 4.62. The van der Waals surface area contributed by atoms with Gasteiger partial charge in [0, 0.05) is 18.8 Å². The molecule has 1 aromatic heterocycles. The van der Waals surface area contributed by atoms with Crippen molar-refractivity contribution in [1.29, 1.82) is 0 Å². The van der Waals surface area contributed by atoms with Gasteiger partial charge >= 0.3 is 0 Å². The molecule has 100 valence electrons. The van der Waals surface area contributed by atoms with Crippen LogP contribution in [0.1, 0.15) is 30.6 Å². The molecule has 0 aromatic carbocycles. The molecule has 0 unspecified atom stereocenters. The van der Waals surface area contributed by atoms with Crippen molar-refractivity contribution in [3.05, 3.63) is 23.9 Å². The molecule has 0 aliphatic rings. The first-order valence-electron chi connectivity index (χ1n) is 6.21. The molecule has 0 saturated carbocycles.